The molecule has 9 nitrogen and oxygen atoms in total. The number of fused-ring (bicyclic) bond motifs is 2. The standard InChI is InChI=1S/C25H20F3N5O4/c1-36-18-5-3-17(4-6-18)33-23-20(8-9-21(30-23)37-14-25(26,27)28)29-22(24(33)35)15-2-7-19-16(12-15)13-32(31-19)10-11-34/h2-9,12-13,34H,10-11,14H2,1H3. The lowest BCUT2D eigenvalue weighted by Crippen LogP contribution is -2.23. The van der Waals surface area contributed by atoms with E-state index in [-0.39, 0.29) is 29.3 Å². The van der Waals surface area contributed by atoms with Crippen molar-refractivity contribution in [3.8, 4) is 28.6 Å². The predicted molar refractivity (Wildman–Crippen MR) is 129 cm³/mol. The van der Waals surface area contributed by atoms with Gasteiger partial charge in [-0.2, -0.15) is 23.3 Å². The van der Waals surface area contributed by atoms with Gasteiger partial charge in [0.25, 0.3) is 5.56 Å². The minimum Gasteiger partial charge on any atom is -0.497 e. The van der Waals surface area contributed by atoms with Gasteiger partial charge in [0.2, 0.25) is 5.88 Å². The lowest BCUT2D eigenvalue weighted by molar-refractivity contribution is -0.154. The van der Waals surface area contributed by atoms with Gasteiger partial charge < -0.3 is 14.6 Å². The van der Waals surface area contributed by atoms with E-state index in [4.69, 9.17) is 9.47 Å². The van der Waals surface area contributed by atoms with Gasteiger partial charge in [-0.1, -0.05) is 6.07 Å². The minimum absolute atomic E-state index is 0.0374. The van der Waals surface area contributed by atoms with Crippen LogP contribution in [0.4, 0.5) is 13.2 Å². The average Bonchev–Trinajstić information content (AvgIpc) is 3.28. The summed E-state index contributed by atoms with van der Waals surface area (Å²) in [5, 5.41) is 14.3. The second kappa shape index (κ2) is 9.54. The number of aliphatic hydroxyl groups is 1. The normalized spacial score (nSPS) is 11.8. The fourth-order valence-corrected chi connectivity index (χ4v) is 3.88. The van der Waals surface area contributed by atoms with Gasteiger partial charge in [0.05, 0.1) is 31.5 Å². The first-order chi connectivity index (χ1) is 17.8. The van der Waals surface area contributed by atoms with Crippen molar-refractivity contribution in [2.75, 3.05) is 20.3 Å². The molecule has 2 aromatic carbocycles. The van der Waals surface area contributed by atoms with Crippen LogP contribution in [0.5, 0.6) is 11.6 Å². The van der Waals surface area contributed by atoms with E-state index in [1.807, 2.05) is 0 Å². The summed E-state index contributed by atoms with van der Waals surface area (Å²) in [6, 6.07) is 14.5. The molecule has 37 heavy (non-hydrogen) atoms. The summed E-state index contributed by atoms with van der Waals surface area (Å²) in [5.41, 5.74) is 1.52. The number of aromatic nitrogens is 5. The number of hydrogen-bond acceptors (Lipinski definition) is 7. The molecule has 0 amide bonds. The van der Waals surface area contributed by atoms with Gasteiger partial charge in [0.1, 0.15) is 17.0 Å². The topological polar surface area (TPSA) is 104 Å². The Morgan fingerprint density at radius 3 is 2.46 bits per heavy atom. The van der Waals surface area contributed by atoms with E-state index in [9.17, 15) is 23.1 Å². The molecule has 0 bridgehead atoms. The number of nitrogens with zero attached hydrogens (tertiary/aromatic N) is 5. The van der Waals surface area contributed by atoms with Crippen molar-refractivity contribution in [2.24, 2.45) is 0 Å². The maximum atomic E-state index is 13.8. The highest BCUT2D eigenvalue weighted by Crippen LogP contribution is 2.26. The van der Waals surface area contributed by atoms with E-state index in [0.717, 1.165) is 5.39 Å². The Hall–Kier alpha value is -4.45. The zero-order valence-electron chi connectivity index (χ0n) is 19.4. The molecule has 0 saturated carbocycles. The maximum Gasteiger partial charge on any atom is 0.422 e. The number of pyridine rings is 1. The van der Waals surface area contributed by atoms with Crippen LogP contribution in [0.2, 0.25) is 0 Å². The number of rotatable bonds is 7. The minimum atomic E-state index is -4.54. The number of hydrogen-bond donors (Lipinski definition) is 1. The van der Waals surface area contributed by atoms with Gasteiger partial charge in [-0.25, -0.2) is 4.98 Å². The largest absolute Gasteiger partial charge is 0.497 e. The lowest BCUT2D eigenvalue weighted by atomic mass is 10.1. The van der Waals surface area contributed by atoms with Crippen molar-refractivity contribution in [1.82, 2.24) is 24.3 Å². The van der Waals surface area contributed by atoms with Gasteiger partial charge in [-0.3, -0.25) is 14.0 Å². The highest BCUT2D eigenvalue weighted by molar-refractivity contribution is 5.85. The Labute approximate surface area is 207 Å². The molecular weight excluding hydrogens is 491 g/mol. The molecule has 0 aliphatic carbocycles. The summed E-state index contributed by atoms with van der Waals surface area (Å²) < 4.78 is 50.9. The Morgan fingerprint density at radius 1 is 1.00 bits per heavy atom. The summed E-state index contributed by atoms with van der Waals surface area (Å²) in [5.74, 6) is 0.265. The molecule has 3 heterocycles. The molecule has 0 saturated heterocycles. The first-order valence-electron chi connectivity index (χ1n) is 11.1. The van der Waals surface area contributed by atoms with Crippen LogP contribution in [0.1, 0.15) is 0 Å². The Bertz CT molecular complexity index is 1650. The molecule has 190 valence electrons. The molecule has 0 unspecified atom stereocenters. The third-order valence-electron chi connectivity index (χ3n) is 5.55. The fraction of sp³-hybridized carbons (Fsp3) is 0.200. The third kappa shape index (κ3) is 4.96. The zero-order chi connectivity index (χ0) is 26.2. The molecule has 0 aliphatic rings. The van der Waals surface area contributed by atoms with E-state index in [2.05, 4.69) is 15.1 Å². The average molecular weight is 511 g/mol. The van der Waals surface area contributed by atoms with Gasteiger partial charge in [-0.05, 0) is 42.5 Å². The zero-order valence-corrected chi connectivity index (χ0v) is 19.4. The highest BCUT2D eigenvalue weighted by atomic mass is 19.4. The lowest BCUT2D eigenvalue weighted by Gasteiger charge is -2.14. The summed E-state index contributed by atoms with van der Waals surface area (Å²) in [7, 11) is 1.51. The van der Waals surface area contributed by atoms with Gasteiger partial charge >= 0.3 is 6.18 Å². The quantitative estimate of drug-likeness (QED) is 0.355. The second-order valence-corrected chi connectivity index (χ2v) is 8.08. The van der Waals surface area contributed by atoms with Gasteiger partial charge in [0.15, 0.2) is 12.3 Å². The fourth-order valence-electron chi connectivity index (χ4n) is 3.88. The first kappa shape index (κ1) is 24.3. The van der Waals surface area contributed by atoms with Gasteiger partial charge in [0, 0.05) is 23.2 Å². The number of methoxy groups -OCH3 is 1. The van der Waals surface area contributed by atoms with Crippen LogP contribution in [0.25, 0.3) is 39.0 Å². The van der Waals surface area contributed by atoms with Crippen LogP contribution in [-0.4, -0.2) is 55.9 Å². The number of aliphatic hydroxyl groups excluding tert-OH is 1. The van der Waals surface area contributed by atoms with Crippen LogP contribution >= 0.6 is 0 Å². The summed E-state index contributed by atoms with van der Waals surface area (Å²) in [4.78, 5) is 22.4. The molecule has 5 aromatic rings. The summed E-state index contributed by atoms with van der Waals surface area (Å²) in [6.07, 6.45) is -2.79. The van der Waals surface area contributed by atoms with E-state index >= 15 is 0 Å². The molecule has 0 aliphatic heterocycles. The Morgan fingerprint density at radius 2 is 1.76 bits per heavy atom. The van der Waals surface area contributed by atoms with Crippen molar-refractivity contribution >= 4 is 22.1 Å². The van der Waals surface area contributed by atoms with Crippen LogP contribution in [-0.2, 0) is 6.54 Å². The Kier molecular flexibility index (Phi) is 6.25. The molecule has 3 aromatic heterocycles. The van der Waals surface area contributed by atoms with E-state index < -0.39 is 18.3 Å². The smallest absolute Gasteiger partial charge is 0.422 e. The number of ether oxygens (including phenoxy) is 2. The maximum absolute atomic E-state index is 13.8. The van der Waals surface area contributed by atoms with Crippen molar-refractivity contribution in [1.29, 1.82) is 0 Å². The molecule has 12 heteroatoms. The molecule has 1 N–H and O–H groups in total. The van der Waals surface area contributed by atoms with Crippen molar-refractivity contribution < 1.29 is 27.8 Å². The van der Waals surface area contributed by atoms with Crippen molar-refractivity contribution in [2.45, 2.75) is 12.7 Å². The van der Waals surface area contributed by atoms with Crippen LogP contribution < -0.4 is 15.0 Å². The number of benzene rings is 2. The monoisotopic (exact) mass is 511 g/mol. The molecular formula is C25H20F3N5O4. The van der Waals surface area contributed by atoms with Crippen molar-refractivity contribution in [3.63, 3.8) is 0 Å². The van der Waals surface area contributed by atoms with Crippen LogP contribution in [0, 0.1) is 0 Å². The molecule has 5 rings (SSSR count). The van der Waals surface area contributed by atoms with Gasteiger partial charge in [-0.15, -0.1) is 0 Å². The number of halogens is 3. The summed E-state index contributed by atoms with van der Waals surface area (Å²) in [6.45, 7) is -1.26. The summed E-state index contributed by atoms with van der Waals surface area (Å²) >= 11 is 0. The van der Waals surface area contributed by atoms with E-state index in [1.54, 1.807) is 53.3 Å². The third-order valence-corrected chi connectivity index (χ3v) is 5.55. The van der Waals surface area contributed by atoms with Crippen LogP contribution in [0.15, 0.2) is 65.6 Å². The van der Waals surface area contributed by atoms with E-state index in [0.29, 0.717) is 29.1 Å². The first-order valence-corrected chi connectivity index (χ1v) is 11.1. The van der Waals surface area contributed by atoms with Crippen LogP contribution in [0.3, 0.4) is 0 Å². The SMILES string of the molecule is COc1ccc(-n2c(=O)c(-c3ccc4nn(CCO)cc4c3)nc3ccc(OCC(F)(F)F)nc32)cc1. The molecule has 0 fully saturated rings. The molecule has 0 radical (unpaired) electrons. The van der Waals surface area contributed by atoms with E-state index in [1.165, 1.54) is 23.8 Å². The second-order valence-electron chi connectivity index (χ2n) is 8.08. The van der Waals surface area contributed by atoms with Crippen molar-refractivity contribution in [3.05, 3.63) is 71.1 Å². The molecule has 0 atom stereocenters. The number of alkyl halides is 3. The predicted octanol–water partition coefficient (Wildman–Crippen LogP) is 3.74. The highest BCUT2D eigenvalue weighted by Gasteiger charge is 2.29. The Balaban J connectivity index is 1.69. The molecule has 0 spiro atoms.